The first kappa shape index (κ1) is 16.3. The molecule has 1 saturated heterocycles. The van der Waals surface area contributed by atoms with E-state index >= 15 is 0 Å². The molecule has 1 amide bonds. The van der Waals surface area contributed by atoms with E-state index in [2.05, 4.69) is 15.1 Å². The van der Waals surface area contributed by atoms with Crippen molar-refractivity contribution in [3.05, 3.63) is 67.0 Å². The van der Waals surface area contributed by atoms with E-state index in [9.17, 15) is 4.79 Å². The third kappa shape index (κ3) is 3.42. The van der Waals surface area contributed by atoms with E-state index in [0.717, 1.165) is 12.8 Å². The largest absolute Gasteiger partial charge is 0.455 e. The Hall–Kier alpha value is -3.22. The average molecular weight is 349 g/mol. The van der Waals surface area contributed by atoms with Crippen LogP contribution in [0.1, 0.15) is 29.4 Å². The van der Waals surface area contributed by atoms with Gasteiger partial charge >= 0.3 is 0 Å². The van der Waals surface area contributed by atoms with Gasteiger partial charge in [0.15, 0.2) is 11.4 Å². The monoisotopic (exact) mass is 349 g/mol. The Morgan fingerprint density at radius 1 is 1.08 bits per heavy atom. The number of ether oxygens (including phenoxy) is 1. The first-order valence-corrected chi connectivity index (χ1v) is 8.62. The van der Waals surface area contributed by atoms with E-state index in [-0.39, 0.29) is 11.9 Å². The number of likely N-dealkylation sites (tertiary alicyclic amines) is 1. The van der Waals surface area contributed by atoms with E-state index in [1.165, 1.54) is 0 Å². The summed E-state index contributed by atoms with van der Waals surface area (Å²) in [6.07, 6.45) is 6.58. The van der Waals surface area contributed by atoms with Gasteiger partial charge in [-0.25, -0.2) is 14.6 Å². The maximum atomic E-state index is 13.0. The highest BCUT2D eigenvalue weighted by atomic mass is 16.5. The lowest BCUT2D eigenvalue weighted by molar-refractivity contribution is 0.0681. The van der Waals surface area contributed by atoms with Gasteiger partial charge in [-0.1, -0.05) is 18.2 Å². The van der Waals surface area contributed by atoms with Gasteiger partial charge in [0.25, 0.3) is 5.91 Å². The number of rotatable bonds is 4. The number of nitrogens with zero attached hydrogens (tertiary/aromatic N) is 5. The van der Waals surface area contributed by atoms with Gasteiger partial charge in [0.2, 0.25) is 0 Å². The minimum absolute atomic E-state index is 0.103. The molecule has 0 spiro atoms. The minimum Gasteiger partial charge on any atom is -0.455 e. The molecule has 132 valence electrons. The number of para-hydroxylation sites is 1. The molecule has 0 bridgehead atoms. The lowest BCUT2D eigenvalue weighted by Crippen LogP contribution is -2.39. The molecule has 3 aromatic rings. The van der Waals surface area contributed by atoms with Crippen molar-refractivity contribution in [2.45, 2.75) is 18.9 Å². The van der Waals surface area contributed by atoms with Crippen LogP contribution in [0.3, 0.4) is 0 Å². The Kier molecular flexibility index (Phi) is 4.59. The van der Waals surface area contributed by atoms with Crippen molar-refractivity contribution in [3.63, 3.8) is 0 Å². The summed E-state index contributed by atoms with van der Waals surface area (Å²) in [6.45, 7) is 1.31. The van der Waals surface area contributed by atoms with Crippen molar-refractivity contribution >= 4 is 5.91 Å². The highest BCUT2D eigenvalue weighted by Gasteiger charge is 2.27. The first-order valence-electron chi connectivity index (χ1n) is 8.62. The van der Waals surface area contributed by atoms with Crippen molar-refractivity contribution in [1.82, 2.24) is 24.6 Å². The predicted octanol–water partition coefficient (Wildman–Crippen LogP) is 2.94. The standard InChI is InChI=1S/C19H19N5O2/c25-19(23-11-8-15(9-12-23)24-14-20-13-22-24)18-17(7-4-10-21-18)26-16-5-2-1-3-6-16/h1-7,10,13-15H,8-9,11-12H2. The number of hydrogen-bond donors (Lipinski definition) is 0. The summed E-state index contributed by atoms with van der Waals surface area (Å²) in [7, 11) is 0. The summed E-state index contributed by atoms with van der Waals surface area (Å²) >= 11 is 0. The molecule has 3 heterocycles. The van der Waals surface area contributed by atoms with Gasteiger partial charge in [-0.3, -0.25) is 4.79 Å². The van der Waals surface area contributed by atoms with Crippen molar-refractivity contribution in [3.8, 4) is 11.5 Å². The van der Waals surface area contributed by atoms with Crippen LogP contribution in [0.4, 0.5) is 0 Å². The number of pyridine rings is 1. The summed E-state index contributed by atoms with van der Waals surface area (Å²) in [6, 6.07) is 13.2. The van der Waals surface area contributed by atoms with Gasteiger partial charge in [-0.2, -0.15) is 5.10 Å². The molecule has 0 saturated carbocycles. The number of hydrogen-bond acceptors (Lipinski definition) is 5. The van der Waals surface area contributed by atoms with Crippen LogP contribution in [-0.4, -0.2) is 43.6 Å². The Bertz CT molecular complexity index is 859. The van der Waals surface area contributed by atoms with Gasteiger partial charge in [0.1, 0.15) is 18.4 Å². The van der Waals surface area contributed by atoms with Crippen LogP contribution < -0.4 is 4.74 Å². The van der Waals surface area contributed by atoms with Crippen molar-refractivity contribution in [1.29, 1.82) is 0 Å². The summed E-state index contributed by atoms with van der Waals surface area (Å²) in [5, 5.41) is 4.20. The van der Waals surface area contributed by atoms with Crippen LogP contribution >= 0.6 is 0 Å². The molecule has 1 fully saturated rings. The topological polar surface area (TPSA) is 73.1 Å². The molecule has 1 aliphatic heterocycles. The Balaban J connectivity index is 1.47. The molecule has 0 atom stereocenters. The second-order valence-corrected chi connectivity index (χ2v) is 6.16. The molecule has 2 aromatic heterocycles. The van der Waals surface area contributed by atoms with Crippen LogP contribution in [0.15, 0.2) is 61.3 Å². The van der Waals surface area contributed by atoms with E-state index in [4.69, 9.17) is 4.74 Å². The van der Waals surface area contributed by atoms with Crippen molar-refractivity contribution in [2.75, 3.05) is 13.1 Å². The summed E-state index contributed by atoms with van der Waals surface area (Å²) < 4.78 is 7.74. The average Bonchev–Trinajstić information content (AvgIpc) is 3.24. The number of benzene rings is 1. The maximum Gasteiger partial charge on any atom is 0.276 e. The molecule has 4 rings (SSSR count). The highest BCUT2D eigenvalue weighted by Crippen LogP contribution is 2.27. The molecular weight excluding hydrogens is 330 g/mol. The molecule has 7 heteroatoms. The van der Waals surface area contributed by atoms with Gasteiger partial charge < -0.3 is 9.64 Å². The molecule has 0 aliphatic carbocycles. The maximum absolute atomic E-state index is 13.0. The molecule has 7 nitrogen and oxygen atoms in total. The first-order chi connectivity index (χ1) is 12.8. The Morgan fingerprint density at radius 3 is 2.62 bits per heavy atom. The van der Waals surface area contributed by atoms with Crippen molar-refractivity contribution in [2.24, 2.45) is 0 Å². The zero-order chi connectivity index (χ0) is 17.8. The van der Waals surface area contributed by atoms with E-state index in [1.807, 2.05) is 39.9 Å². The number of carbonyl (C=O) groups is 1. The zero-order valence-corrected chi connectivity index (χ0v) is 14.2. The van der Waals surface area contributed by atoms with Crippen LogP contribution in [0.25, 0.3) is 0 Å². The third-order valence-corrected chi connectivity index (χ3v) is 4.51. The molecule has 0 N–H and O–H groups in total. The fourth-order valence-electron chi connectivity index (χ4n) is 3.14. The molecule has 1 aromatic carbocycles. The Morgan fingerprint density at radius 2 is 1.88 bits per heavy atom. The Labute approximate surface area is 151 Å². The lowest BCUT2D eigenvalue weighted by Gasteiger charge is -2.31. The van der Waals surface area contributed by atoms with Gasteiger partial charge in [0, 0.05) is 19.3 Å². The third-order valence-electron chi connectivity index (χ3n) is 4.51. The van der Waals surface area contributed by atoms with E-state index < -0.39 is 0 Å². The molecule has 0 radical (unpaired) electrons. The molecular formula is C19H19N5O2. The summed E-state index contributed by atoms with van der Waals surface area (Å²) in [4.78, 5) is 23.1. The molecule has 1 aliphatic rings. The number of amides is 1. The summed E-state index contributed by atoms with van der Waals surface area (Å²) in [5.41, 5.74) is 0.343. The predicted molar refractivity (Wildman–Crippen MR) is 94.9 cm³/mol. The van der Waals surface area contributed by atoms with Crippen LogP contribution in [0.5, 0.6) is 11.5 Å². The molecule has 0 unspecified atom stereocenters. The smallest absolute Gasteiger partial charge is 0.276 e. The molecule has 26 heavy (non-hydrogen) atoms. The fourth-order valence-corrected chi connectivity index (χ4v) is 3.14. The second kappa shape index (κ2) is 7.35. The highest BCUT2D eigenvalue weighted by molar-refractivity contribution is 5.95. The number of carbonyl (C=O) groups excluding carboxylic acids is 1. The quantitative estimate of drug-likeness (QED) is 0.724. The number of aromatic nitrogens is 4. The van der Waals surface area contributed by atoms with Crippen molar-refractivity contribution < 1.29 is 9.53 Å². The SMILES string of the molecule is O=C(c1ncccc1Oc1ccccc1)N1CCC(n2cncn2)CC1. The van der Waals surface area contributed by atoms with Gasteiger partial charge in [0.05, 0.1) is 6.04 Å². The second-order valence-electron chi connectivity index (χ2n) is 6.16. The summed E-state index contributed by atoms with van der Waals surface area (Å²) in [5.74, 6) is 1.05. The normalized spacial score (nSPS) is 15.0. The minimum atomic E-state index is -0.103. The zero-order valence-electron chi connectivity index (χ0n) is 14.2. The van der Waals surface area contributed by atoms with Gasteiger partial charge in [-0.05, 0) is 37.1 Å². The number of piperidine rings is 1. The van der Waals surface area contributed by atoms with Crippen LogP contribution in [0, 0.1) is 0 Å². The fraction of sp³-hybridized carbons (Fsp3) is 0.263. The van der Waals surface area contributed by atoms with Crippen LogP contribution in [0.2, 0.25) is 0 Å². The van der Waals surface area contributed by atoms with E-state index in [1.54, 1.807) is 31.0 Å². The lowest BCUT2D eigenvalue weighted by atomic mass is 10.0. The van der Waals surface area contributed by atoms with Gasteiger partial charge in [-0.15, -0.1) is 0 Å². The van der Waals surface area contributed by atoms with Crippen LogP contribution in [-0.2, 0) is 0 Å². The van der Waals surface area contributed by atoms with E-state index in [0.29, 0.717) is 30.3 Å².